The van der Waals surface area contributed by atoms with E-state index in [9.17, 15) is 0 Å². The second-order valence-corrected chi connectivity index (χ2v) is 4.11. The van der Waals surface area contributed by atoms with E-state index in [1.165, 1.54) is 12.0 Å². The largest absolute Gasteiger partial charge is 0.370 e. The minimum absolute atomic E-state index is 0.943. The molecule has 0 aromatic carbocycles. The minimum Gasteiger partial charge on any atom is -0.370 e. The number of aryl methyl sites for hydroxylation is 2. The van der Waals surface area contributed by atoms with Crippen molar-refractivity contribution in [2.75, 3.05) is 11.9 Å². The van der Waals surface area contributed by atoms with E-state index >= 15 is 0 Å². The van der Waals surface area contributed by atoms with Crippen molar-refractivity contribution in [3.05, 3.63) is 23.0 Å². The predicted molar refractivity (Wildman–Crippen MR) is 59.3 cm³/mol. The molecule has 0 unspecified atom stereocenters. The Morgan fingerprint density at radius 2 is 2.27 bits per heavy atom. The van der Waals surface area contributed by atoms with Crippen LogP contribution in [0.25, 0.3) is 5.65 Å². The fourth-order valence-electron chi connectivity index (χ4n) is 2.22. The molecule has 2 aromatic heterocycles. The van der Waals surface area contributed by atoms with Crippen molar-refractivity contribution in [1.29, 1.82) is 0 Å². The molecule has 0 atom stereocenters. The number of fused-ring (bicyclic) bond motifs is 3. The minimum atomic E-state index is 0.943. The Balaban J connectivity index is 2.38. The highest BCUT2D eigenvalue weighted by Crippen LogP contribution is 2.24. The van der Waals surface area contributed by atoms with E-state index in [1.807, 2.05) is 17.5 Å². The summed E-state index contributed by atoms with van der Waals surface area (Å²) in [4.78, 5) is 4.57. The van der Waals surface area contributed by atoms with Gasteiger partial charge in [-0.1, -0.05) is 0 Å². The van der Waals surface area contributed by atoms with Crippen LogP contribution < -0.4 is 5.32 Å². The molecule has 4 heteroatoms. The molecule has 0 aliphatic carbocycles. The average molecular weight is 202 g/mol. The maximum Gasteiger partial charge on any atom is 0.157 e. The second-order valence-electron chi connectivity index (χ2n) is 4.11. The number of anilines is 1. The molecule has 0 saturated carbocycles. The van der Waals surface area contributed by atoms with Crippen LogP contribution in [0.4, 0.5) is 5.82 Å². The van der Waals surface area contributed by atoms with Crippen LogP contribution in [-0.4, -0.2) is 21.1 Å². The first-order valence-corrected chi connectivity index (χ1v) is 5.35. The molecule has 0 bridgehead atoms. The van der Waals surface area contributed by atoms with Gasteiger partial charge in [0.2, 0.25) is 0 Å². The molecule has 0 spiro atoms. The van der Waals surface area contributed by atoms with E-state index in [-0.39, 0.29) is 0 Å². The summed E-state index contributed by atoms with van der Waals surface area (Å²) in [5.74, 6) is 1.14. The molecule has 4 nitrogen and oxygen atoms in total. The highest BCUT2D eigenvalue weighted by Gasteiger charge is 2.16. The Kier molecular flexibility index (Phi) is 1.71. The van der Waals surface area contributed by atoms with Gasteiger partial charge in [-0.3, -0.25) is 0 Å². The van der Waals surface area contributed by atoms with Crippen molar-refractivity contribution in [1.82, 2.24) is 14.6 Å². The monoisotopic (exact) mass is 202 g/mol. The van der Waals surface area contributed by atoms with E-state index < -0.39 is 0 Å². The van der Waals surface area contributed by atoms with Crippen molar-refractivity contribution in [3.8, 4) is 0 Å². The Hall–Kier alpha value is -1.58. The fraction of sp³-hybridized carbons (Fsp3) is 0.455. The molecule has 1 aliphatic rings. The van der Waals surface area contributed by atoms with Crippen LogP contribution in [0.15, 0.2) is 6.07 Å². The van der Waals surface area contributed by atoms with Gasteiger partial charge in [-0.05, 0) is 26.7 Å². The zero-order valence-corrected chi connectivity index (χ0v) is 9.04. The number of hydrogen-bond acceptors (Lipinski definition) is 3. The third kappa shape index (κ3) is 1.21. The molecule has 3 heterocycles. The van der Waals surface area contributed by atoms with Crippen LogP contribution in [0.3, 0.4) is 0 Å². The van der Waals surface area contributed by atoms with Gasteiger partial charge in [-0.25, -0.2) is 4.98 Å². The lowest BCUT2D eigenvalue weighted by atomic mass is 10.1. The Morgan fingerprint density at radius 3 is 3.13 bits per heavy atom. The summed E-state index contributed by atoms with van der Waals surface area (Å²) in [6, 6.07) is 2.02. The van der Waals surface area contributed by atoms with Gasteiger partial charge < -0.3 is 5.32 Å². The van der Waals surface area contributed by atoms with Crippen molar-refractivity contribution >= 4 is 11.5 Å². The normalized spacial score (nSPS) is 15.1. The highest BCUT2D eigenvalue weighted by molar-refractivity contribution is 5.57. The summed E-state index contributed by atoms with van der Waals surface area (Å²) in [6.07, 6.45) is 2.29. The Labute approximate surface area is 88.3 Å². The number of hydrogen-bond donors (Lipinski definition) is 1. The molecule has 0 fully saturated rings. The maximum absolute atomic E-state index is 4.57. The van der Waals surface area contributed by atoms with Crippen molar-refractivity contribution in [2.24, 2.45) is 0 Å². The van der Waals surface area contributed by atoms with Crippen molar-refractivity contribution in [2.45, 2.75) is 26.7 Å². The van der Waals surface area contributed by atoms with Gasteiger partial charge in [-0.2, -0.15) is 9.61 Å². The maximum atomic E-state index is 4.57. The van der Waals surface area contributed by atoms with Crippen LogP contribution in [0.5, 0.6) is 0 Å². The van der Waals surface area contributed by atoms with Crippen molar-refractivity contribution in [3.63, 3.8) is 0 Å². The smallest absolute Gasteiger partial charge is 0.157 e. The number of aromatic nitrogens is 3. The molecule has 1 aliphatic heterocycles. The molecule has 3 rings (SSSR count). The summed E-state index contributed by atoms with van der Waals surface area (Å²) < 4.78 is 1.93. The Bertz CT molecular complexity index is 527. The summed E-state index contributed by atoms with van der Waals surface area (Å²) in [5, 5.41) is 7.88. The van der Waals surface area contributed by atoms with Crippen LogP contribution >= 0.6 is 0 Å². The van der Waals surface area contributed by atoms with Crippen LogP contribution in [0.1, 0.15) is 23.4 Å². The molecule has 1 N–H and O–H groups in total. The molecule has 0 saturated heterocycles. The van der Waals surface area contributed by atoms with E-state index in [0.29, 0.717) is 0 Å². The number of nitrogens with one attached hydrogen (secondary N) is 1. The molecule has 78 valence electrons. The summed E-state index contributed by atoms with van der Waals surface area (Å²) in [7, 11) is 0. The molecule has 0 radical (unpaired) electrons. The van der Waals surface area contributed by atoms with E-state index in [1.54, 1.807) is 0 Å². The average Bonchev–Trinajstić information content (AvgIpc) is 2.59. The third-order valence-corrected chi connectivity index (χ3v) is 2.93. The molecule has 2 aromatic rings. The highest BCUT2D eigenvalue weighted by atomic mass is 15.3. The summed E-state index contributed by atoms with van der Waals surface area (Å²) in [6.45, 7) is 5.11. The lowest BCUT2D eigenvalue weighted by Crippen LogP contribution is -2.18. The second kappa shape index (κ2) is 2.95. The number of rotatable bonds is 0. The van der Waals surface area contributed by atoms with Gasteiger partial charge in [0.25, 0.3) is 0 Å². The van der Waals surface area contributed by atoms with Gasteiger partial charge >= 0.3 is 0 Å². The van der Waals surface area contributed by atoms with Gasteiger partial charge in [0.05, 0.1) is 5.69 Å². The zero-order valence-electron chi connectivity index (χ0n) is 9.04. The van der Waals surface area contributed by atoms with E-state index in [2.05, 4.69) is 22.3 Å². The summed E-state index contributed by atoms with van der Waals surface area (Å²) in [5.41, 5.74) is 4.40. The van der Waals surface area contributed by atoms with Crippen molar-refractivity contribution < 1.29 is 0 Å². The SMILES string of the molecule is Cc1cc2nc(C)c3c(n2n1)NCCC3. The standard InChI is InChI=1S/C11H14N4/c1-7-6-10-13-8(2)9-4-3-5-12-11(9)15(10)14-7/h6,12H,3-5H2,1-2H3. The van der Waals surface area contributed by atoms with E-state index in [0.717, 1.165) is 35.8 Å². The van der Waals surface area contributed by atoms with Gasteiger partial charge in [0.15, 0.2) is 5.65 Å². The zero-order chi connectivity index (χ0) is 10.4. The molecule has 15 heavy (non-hydrogen) atoms. The first kappa shape index (κ1) is 8.71. The predicted octanol–water partition coefficient (Wildman–Crippen LogP) is 1.70. The van der Waals surface area contributed by atoms with Gasteiger partial charge in [0.1, 0.15) is 5.82 Å². The van der Waals surface area contributed by atoms with Crippen LogP contribution in [-0.2, 0) is 6.42 Å². The third-order valence-electron chi connectivity index (χ3n) is 2.93. The topological polar surface area (TPSA) is 42.2 Å². The fourth-order valence-corrected chi connectivity index (χ4v) is 2.22. The lowest BCUT2D eigenvalue weighted by molar-refractivity contribution is 0.772. The van der Waals surface area contributed by atoms with E-state index in [4.69, 9.17) is 0 Å². The lowest BCUT2D eigenvalue weighted by Gasteiger charge is -2.19. The van der Waals surface area contributed by atoms with Gasteiger partial charge in [-0.15, -0.1) is 0 Å². The molecule has 0 amide bonds. The summed E-state index contributed by atoms with van der Waals surface area (Å²) >= 11 is 0. The first-order valence-electron chi connectivity index (χ1n) is 5.35. The Morgan fingerprint density at radius 1 is 1.40 bits per heavy atom. The van der Waals surface area contributed by atoms with Crippen LogP contribution in [0, 0.1) is 13.8 Å². The molecular formula is C11H14N4. The first-order chi connectivity index (χ1) is 7.25. The van der Waals surface area contributed by atoms with Crippen LogP contribution in [0.2, 0.25) is 0 Å². The molecular weight excluding hydrogens is 188 g/mol. The quantitative estimate of drug-likeness (QED) is 0.707. The van der Waals surface area contributed by atoms with Gasteiger partial charge in [0, 0.05) is 23.9 Å². The number of nitrogens with zero attached hydrogens (tertiary/aromatic N) is 3.